The van der Waals surface area contributed by atoms with Gasteiger partial charge in [-0.3, -0.25) is 9.48 Å². The third kappa shape index (κ3) is 3.63. The molecule has 0 aliphatic heterocycles. The average molecular weight is 421 g/mol. The number of hydrogen-bond donors (Lipinski definition) is 2. The van der Waals surface area contributed by atoms with Crippen molar-refractivity contribution in [2.75, 3.05) is 11.6 Å². The summed E-state index contributed by atoms with van der Waals surface area (Å²) in [6.07, 6.45) is 10.9. The van der Waals surface area contributed by atoms with E-state index in [0.29, 0.717) is 10.9 Å². The molecular formula is C17H20N6O3S2. The van der Waals surface area contributed by atoms with Crippen LogP contribution in [0.3, 0.4) is 0 Å². The fourth-order valence-corrected chi connectivity index (χ4v) is 4.47. The van der Waals surface area contributed by atoms with Crippen LogP contribution in [0.5, 0.6) is 0 Å². The molecule has 0 bridgehead atoms. The number of fused-ring (bicyclic) bond motifs is 1. The summed E-state index contributed by atoms with van der Waals surface area (Å²) in [4.78, 5) is 16.9. The average Bonchev–Trinajstić information content (AvgIpc) is 3.26. The maximum Gasteiger partial charge on any atom is 0.261 e. The maximum atomic E-state index is 12.8. The Morgan fingerprint density at radius 1 is 1.29 bits per heavy atom. The van der Waals surface area contributed by atoms with Crippen molar-refractivity contribution in [1.29, 1.82) is 0 Å². The van der Waals surface area contributed by atoms with Crippen molar-refractivity contribution in [3.8, 4) is 0 Å². The molecule has 3 aromatic heterocycles. The SMILES string of the molecule is CS(=O)(=O)c1nn(C2CCC(S)CC2)cc1NC(=O)c1cnn2cccnc12. The molecule has 0 aromatic carbocycles. The van der Waals surface area contributed by atoms with Crippen LogP contribution in [0.1, 0.15) is 42.1 Å². The first-order valence-electron chi connectivity index (χ1n) is 8.90. The van der Waals surface area contributed by atoms with Crippen LogP contribution >= 0.6 is 12.6 Å². The fourth-order valence-electron chi connectivity index (χ4n) is 3.42. The summed E-state index contributed by atoms with van der Waals surface area (Å²) in [5.74, 6) is -0.489. The van der Waals surface area contributed by atoms with Gasteiger partial charge in [0.15, 0.2) is 20.5 Å². The lowest BCUT2D eigenvalue weighted by Gasteiger charge is -2.25. The molecule has 3 heterocycles. The van der Waals surface area contributed by atoms with Gasteiger partial charge < -0.3 is 5.32 Å². The highest BCUT2D eigenvalue weighted by Crippen LogP contribution is 2.32. The standard InChI is InChI=1S/C17H20N6O3S2/c1-28(25,26)17-14(10-23(21-17)11-3-5-12(27)6-4-11)20-16(24)13-9-19-22-8-2-7-18-15(13)22/h2,7-12,27H,3-6H2,1H3,(H,20,24). The van der Waals surface area contributed by atoms with Gasteiger partial charge >= 0.3 is 0 Å². The molecule has 1 aliphatic rings. The van der Waals surface area contributed by atoms with E-state index in [4.69, 9.17) is 0 Å². The van der Waals surface area contributed by atoms with Crippen LogP contribution in [0.15, 0.2) is 35.9 Å². The molecule has 0 atom stereocenters. The lowest BCUT2D eigenvalue weighted by molar-refractivity contribution is 0.102. The second-order valence-electron chi connectivity index (χ2n) is 6.96. The van der Waals surface area contributed by atoms with Crippen molar-refractivity contribution in [3.63, 3.8) is 0 Å². The number of sulfone groups is 1. The summed E-state index contributed by atoms with van der Waals surface area (Å²) < 4.78 is 27.6. The first kappa shape index (κ1) is 18.9. The van der Waals surface area contributed by atoms with E-state index in [1.807, 2.05) is 0 Å². The Kier molecular flexibility index (Phi) is 4.88. The van der Waals surface area contributed by atoms with Gasteiger partial charge in [-0.25, -0.2) is 17.9 Å². The lowest BCUT2D eigenvalue weighted by atomic mass is 9.95. The summed E-state index contributed by atoms with van der Waals surface area (Å²) >= 11 is 4.50. The van der Waals surface area contributed by atoms with E-state index in [1.54, 1.807) is 29.3 Å². The molecule has 3 aromatic rings. The molecule has 1 saturated carbocycles. The Bertz CT molecular complexity index is 1130. The van der Waals surface area contributed by atoms with Crippen molar-refractivity contribution in [2.24, 2.45) is 0 Å². The van der Waals surface area contributed by atoms with Crippen LogP contribution in [0, 0.1) is 0 Å². The number of nitrogens with one attached hydrogen (secondary N) is 1. The van der Waals surface area contributed by atoms with Crippen molar-refractivity contribution in [2.45, 2.75) is 42.0 Å². The molecule has 0 spiro atoms. The minimum atomic E-state index is -3.62. The number of carbonyl (C=O) groups excluding carboxylic acids is 1. The van der Waals surface area contributed by atoms with Gasteiger partial charge in [-0.05, 0) is 31.7 Å². The number of aromatic nitrogens is 5. The van der Waals surface area contributed by atoms with Gasteiger partial charge in [0.25, 0.3) is 5.91 Å². The highest BCUT2D eigenvalue weighted by atomic mass is 32.2. The third-order valence-electron chi connectivity index (χ3n) is 4.86. The van der Waals surface area contributed by atoms with E-state index in [0.717, 1.165) is 31.9 Å². The third-order valence-corrected chi connectivity index (χ3v) is 6.38. The van der Waals surface area contributed by atoms with Gasteiger partial charge in [-0.2, -0.15) is 22.8 Å². The largest absolute Gasteiger partial charge is 0.318 e. The van der Waals surface area contributed by atoms with E-state index in [9.17, 15) is 13.2 Å². The molecule has 1 N–H and O–H groups in total. The minimum Gasteiger partial charge on any atom is -0.318 e. The number of nitrogens with zero attached hydrogens (tertiary/aromatic N) is 5. The molecule has 4 rings (SSSR count). The molecule has 28 heavy (non-hydrogen) atoms. The van der Waals surface area contributed by atoms with Crippen LogP contribution < -0.4 is 5.32 Å². The van der Waals surface area contributed by atoms with Crippen LogP contribution in [0.25, 0.3) is 5.65 Å². The lowest BCUT2D eigenvalue weighted by Crippen LogP contribution is -2.19. The molecule has 11 heteroatoms. The highest BCUT2D eigenvalue weighted by molar-refractivity contribution is 7.90. The number of rotatable bonds is 4. The number of amides is 1. The zero-order chi connectivity index (χ0) is 19.9. The number of hydrogen-bond acceptors (Lipinski definition) is 7. The zero-order valence-electron chi connectivity index (χ0n) is 15.2. The van der Waals surface area contributed by atoms with Crippen LogP contribution in [-0.4, -0.2) is 50.2 Å². The number of thiol groups is 1. The summed E-state index contributed by atoms with van der Waals surface area (Å²) in [5.41, 5.74) is 0.805. The Balaban J connectivity index is 1.65. The Morgan fingerprint density at radius 3 is 2.75 bits per heavy atom. The van der Waals surface area contributed by atoms with Crippen molar-refractivity contribution in [3.05, 3.63) is 36.4 Å². The van der Waals surface area contributed by atoms with Gasteiger partial charge in [0.05, 0.1) is 24.1 Å². The van der Waals surface area contributed by atoms with Gasteiger partial charge in [0, 0.05) is 23.9 Å². The van der Waals surface area contributed by atoms with Crippen LogP contribution in [0.2, 0.25) is 0 Å². The minimum absolute atomic E-state index is 0.0909. The quantitative estimate of drug-likeness (QED) is 0.625. The predicted octanol–water partition coefficient (Wildman–Crippen LogP) is 2.00. The second kappa shape index (κ2) is 7.21. The molecule has 1 aliphatic carbocycles. The molecule has 0 unspecified atom stereocenters. The number of carbonyl (C=O) groups is 1. The summed E-state index contributed by atoms with van der Waals surface area (Å²) in [6.45, 7) is 0. The molecule has 9 nitrogen and oxygen atoms in total. The smallest absolute Gasteiger partial charge is 0.261 e. The van der Waals surface area contributed by atoms with Gasteiger partial charge in [0.1, 0.15) is 5.56 Å². The van der Waals surface area contributed by atoms with E-state index in [2.05, 4.69) is 33.1 Å². The van der Waals surface area contributed by atoms with Gasteiger partial charge in [-0.1, -0.05) is 0 Å². The first-order chi connectivity index (χ1) is 13.3. The maximum absolute atomic E-state index is 12.8. The molecular weight excluding hydrogens is 400 g/mol. The number of anilines is 1. The monoisotopic (exact) mass is 420 g/mol. The Labute approximate surface area is 167 Å². The molecule has 1 fully saturated rings. The first-order valence-corrected chi connectivity index (χ1v) is 11.3. The van der Waals surface area contributed by atoms with E-state index in [1.165, 1.54) is 10.7 Å². The van der Waals surface area contributed by atoms with Gasteiger partial charge in [-0.15, -0.1) is 0 Å². The molecule has 0 radical (unpaired) electrons. The Hall–Kier alpha value is -2.40. The topological polar surface area (TPSA) is 111 Å². The van der Waals surface area contributed by atoms with Crippen LogP contribution in [-0.2, 0) is 9.84 Å². The second-order valence-corrected chi connectivity index (χ2v) is 9.62. The highest BCUT2D eigenvalue weighted by Gasteiger charge is 2.27. The summed E-state index contributed by atoms with van der Waals surface area (Å²) in [7, 11) is -3.62. The van der Waals surface area contributed by atoms with Gasteiger partial charge in [0.2, 0.25) is 0 Å². The van der Waals surface area contributed by atoms with E-state index < -0.39 is 15.7 Å². The normalized spacial score (nSPS) is 20.4. The van der Waals surface area contributed by atoms with Crippen LogP contribution in [0.4, 0.5) is 5.69 Å². The predicted molar refractivity (Wildman–Crippen MR) is 107 cm³/mol. The molecule has 148 valence electrons. The van der Waals surface area contributed by atoms with E-state index >= 15 is 0 Å². The zero-order valence-corrected chi connectivity index (χ0v) is 16.9. The Morgan fingerprint density at radius 2 is 2.04 bits per heavy atom. The molecule has 1 amide bonds. The fraction of sp³-hybridized carbons (Fsp3) is 0.412. The summed E-state index contributed by atoms with van der Waals surface area (Å²) in [5, 5.41) is 11.3. The van der Waals surface area contributed by atoms with Crippen molar-refractivity contribution in [1.82, 2.24) is 24.4 Å². The van der Waals surface area contributed by atoms with E-state index in [-0.39, 0.29) is 22.3 Å². The van der Waals surface area contributed by atoms with Crippen molar-refractivity contribution < 1.29 is 13.2 Å². The summed E-state index contributed by atoms with van der Waals surface area (Å²) in [6, 6.07) is 1.79. The van der Waals surface area contributed by atoms with Crippen molar-refractivity contribution >= 4 is 39.7 Å². The molecule has 0 saturated heterocycles.